The molecule has 2 atom stereocenters. The second-order valence-electron chi connectivity index (χ2n) is 2.69. The Balaban J connectivity index is 2.18. The zero-order valence-electron chi connectivity index (χ0n) is 5.71. The van der Waals surface area contributed by atoms with Crippen molar-refractivity contribution in [1.82, 2.24) is 0 Å². The summed E-state index contributed by atoms with van der Waals surface area (Å²) >= 11 is 0. The van der Waals surface area contributed by atoms with Gasteiger partial charge in [-0.05, 0) is 13.3 Å². The van der Waals surface area contributed by atoms with Crippen LogP contribution < -0.4 is 0 Å². The van der Waals surface area contributed by atoms with Crippen molar-refractivity contribution in [3.05, 3.63) is 0 Å². The number of hydrogen-bond acceptors (Lipinski definition) is 1. The van der Waals surface area contributed by atoms with Crippen LogP contribution in [0.3, 0.4) is 0 Å². The highest BCUT2D eigenvalue weighted by Gasteiger charge is 2.39. The van der Waals surface area contributed by atoms with Gasteiger partial charge in [-0.1, -0.05) is 0 Å². The molecule has 0 radical (unpaired) electrons. The molecule has 2 unspecified atom stereocenters. The lowest BCUT2D eigenvalue weighted by Gasteiger charge is -2.01. The maximum absolute atomic E-state index is 5.55. The van der Waals surface area contributed by atoms with Crippen molar-refractivity contribution < 1.29 is 9.31 Å². The molecule has 2 aliphatic rings. The number of ether oxygens (including phenoxy) is 1. The molecular formula is C7H12NO+. The fourth-order valence-corrected chi connectivity index (χ4v) is 1.62. The molecule has 0 N–H and O–H groups in total. The van der Waals surface area contributed by atoms with E-state index in [1.807, 2.05) is 0 Å². The molecule has 1 fully saturated rings. The Hall–Kier alpha value is -0.370. The van der Waals surface area contributed by atoms with Crippen LogP contribution in [0.4, 0.5) is 0 Å². The molecule has 2 aliphatic heterocycles. The quantitative estimate of drug-likeness (QED) is 0.469. The molecule has 2 heterocycles. The fourth-order valence-electron chi connectivity index (χ4n) is 1.62. The van der Waals surface area contributed by atoms with E-state index in [2.05, 4.69) is 17.7 Å². The van der Waals surface area contributed by atoms with E-state index in [9.17, 15) is 0 Å². The van der Waals surface area contributed by atoms with Crippen molar-refractivity contribution in [2.75, 3.05) is 6.54 Å². The third-order valence-electron chi connectivity index (χ3n) is 2.12. The predicted octanol–water partition coefficient (Wildman–Crippen LogP) is 0.608. The van der Waals surface area contributed by atoms with Crippen LogP contribution in [0, 0.1) is 0 Å². The van der Waals surface area contributed by atoms with Crippen molar-refractivity contribution in [3.8, 4) is 0 Å². The fraction of sp³-hybridized carbons (Fsp3) is 0.857. The highest BCUT2D eigenvalue weighted by Crippen LogP contribution is 2.23. The minimum atomic E-state index is 0.431. The summed E-state index contributed by atoms with van der Waals surface area (Å²) in [6.45, 7) is 3.27. The van der Waals surface area contributed by atoms with E-state index in [4.69, 9.17) is 4.74 Å². The van der Waals surface area contributed by atoms with Gasteiger partial charge in [0.05, 0.1) is 0 Å². The second-order valence-corrected chi connectivity index (χ2v) is 2.69. The monoisotopic (exact) mass is 126 g/mol. The minimum absolute atomic E-state index is 0.431. The van der Waals surface area contributed by atoms with Crippen molar-refractivity contribution >= 4 is 6.21 Å². The summed E-state index contributed by atoms with van der Waals surface area (Å²) in [5.74, 6) is 0. The molecule has 0 saturated carbocycles. The van der Waals surface area contributed by atoms with E-state index < -0.39 is 0 Å². The van der Waals surface area contributed by atoms with Gasteiger partial charge in [0.15, 0.2) is 6.21 Å². The summed E-state index contributed by atoms with van der Waals surface area (Å²) in [5, 5.41) is 0. The van der Waals surface area contributed by atoms with Crippen LogP contribution in [-0.2, 0) is 4.74 Å². The van der Waals surface area contributed by atoms with E-state index in [1.54, 1.807) is 0 Å². The third-order valence-corrected chi connectivity index (χ3v) is 2.12. The number of nitrogens with zero attached hydrogens (tertiary/aromatic N) is 1. The van der Waals surface area contributed by atoms with Crippen molar-refractivity contribution in [2.24, 2.45) is 0 Å². The average molecular weight is 126 g/mol. The maximum atomic E-state index is 5.55. The van der Waals surface area contributed by atoms with Gasteiger partial charge in [0, 0.05) is 6.42 Å². The lowest BCUT2D eigenvalue weighted by atomic mass is 10.2. The molecular weight excluding hydrogens is 114 g/mol. The zero-order valence-corrected chi connectivity index (χ0v) is 5.71. The molecule has 0 aromatic carbocycles. The first-order chi connectivity index (χ1) is 4.40. The van der Waals surface area contributed by atoms with E-state index in [0.29, 0.717) is 12.3 Å². The van der Waals surface area contributed by atoms with E-state index in [-0.39, 0.29) is 0 Å². The second kappa shape index (κ2) is 1.81. The minimum Gasteiger partial charge on any atom is -0.307 e. The van der Waals surface area contributed by atoms with Gasteiger partial charge in [-0.15, -0.1) is 0 Å². The molecule has 50 valence electrons. The Kier molecular flexibility index (Phi) is 1.09. The first-order valence-electron chi connectivity index (χ1n) is 3.66. The molecule has 9 heavy (non-hydrogen) atoms. The number of fused-ring (bicyclic) bond motifs is 2. The first kappa shape index (κ1) is 5.42. The van der Waals surface area contributed by atoms with Crippen molar-refractivity contribution in [1.29, 1.82) is 0 Å². The SMILES string of the molecule is CC[N+]1=CC2CCC1O2. The molecule has 0 spiro atoms. The smallest absolute Gasteiger partial charge is 0.257 e. The van der Waals surface area contributed by atoms with Gasteiger partial charge in [-0.3, -0.25) is 0 Å². The number of rotatable bonds is 1. The molecule has 0 aromatic rings. The Morgan fingerprint density at radius 1 is 1.67 bits per heavy atom. The van der Waals surface area contributed by atoms with Crippen LogP contribution in [0.5, 0.6) is 0 Å². The van der Waals surface area contributed by atoms with Crippen LogP contribution in [0.2, 0.25) is 0 Å². The molecule has 0 aliphatic carbocycles. The topological polar surface area (TPSA) is 12.2 Å². The standard InChI is InChI=1S/C7H12NO/c1-2-8-5-6-3-4-7(8)9-6/h5-7H,2-4H2,1H3/q+1. The van der Waals surface area contributed by atoms with Gasteiger partial charge in [0.2, 0.25) is 0 Å². The molecule has 2 nitrogen and oxygen atoms in total. The van der Waals surface area contributed by atoms with E-state index >= 15 is 0 Å². The van der Waals surface area contributed by atoms with Gasteiger partial charge in [-0.2, -0.15) is 0 Å². The molecule has 0 aromatic heterocycles. The molecule has 2 bridgehead atoms. The van der Waals surface area contributed by atoms with Gasteiger partial charge < -0.3 is 4.74 Å². The normalized spacial score (nSPS) is 39.4. The Bertz CT molecular complexity index is 153. The lowest BCUT2D eigenvalue weighted by Crippen LogP contribution is -2.22. The van der Waals surface area contributed by atoms with E-state index in [1.165, 1.54) is 12.8 Å². The van der Waals surface area contributed by atoms with Gasteiger partial charge in [-0.25, -0.2) is 4.58 Å². The predicted molar refractivity (Wildman–Crippen MR) is 34.8 cm³/mol. The summed E-state index contributed by atoms with van der Waals surface area (Å²) in [6, 6.07) is 0. The Morgan fingerprint density at radius 2 is 2.56 bits per heavy atom. The van der Waals surface area contributed by atoms with Crippen LogP contribution in [0.25, 0.3) is 0 Å². The van der Waals surface area contributed by atoms with Crippen LogP contribution in [0.1, 0.15) is 19.8 Å². The first-order valence-corrected chi connectivity index (χ1v) is 3.66. The van der Waals surface area contributed by atoms with Crippen LogP contribution in [0.15, 0.2) is 0 Å². The summed E-state index contributed by atoms with van der Waals surface area (Å²) in [6.07, 6.45) is 5.57. The van der Waals surface area contributed by atoms with Gasteiger partial charge in [0.1, 0.15) is 12.6 Å². The summed E-state index contributed by atoms with van der Waals surface area (Å²) in [5.41, 5.74) is 0. The average Bonchev–Trinajstić information content (AvgIpc) is 2.45. The van der Waals surface area contributed by atoms with Crippen LogP contribution >= 0.6 is 0 Å². The van der Waals surface area contributed by atoms with E-state index in [0.717, 1.165) is 6.54 Å². The number of hydrogen-bond donors (Lipinski definition) is 0. The lowest BCUT2D eigenvalue weighted by molar-refractivity contribution is -0.586. The van der Waals surface area contributed by atoms with Crippen molar-refractivity contribution in [2.45, 2.75) is 32.1 Å². The largest absolute Gasteiger partial charge is 0.307 e. The molecule has 2 heteroatoms. The molecule has 2 rings (SSSR count). The van der Waals surface area contributed by atoms with Gasteiger partial charge in [0.25, 0.3) is 6.23 Å². The summed E-state index contributed by atoms with van der Waals surface area (Å²) < 4.78 is 7.83. The Morgan fingerprint density at radius 3 is 2.89 bits per heavy atom. The van der Waals surface area contributed by atoms with Crippen molar-refractivity contribution in [3.63, 3.8) is 0 Å². The highest BCUT2D eigenvalue weighted by atomic mass is 16.5. The summed E-state index contributed by atoms with van der Waals surface area (Å²) in [4.78, 5) is 0. The molecule has 1 saturated heterocycles. The Labute approximate surface area is 55.1 Å². The van der Waals surface area contributed by atoms with Gasteiger partial charge >= 0.3 is 0 Å². The summed E-state index contributed by atoms with van der Waals surface area (Å²) in [7, 11) is 0. The zero-order chi connectivity index (χ0) is 6.27. The van der Waals surface area contributed by atoms with Crippen LogP contribution in [-0.4, -0.2) is 29.7 Å². The third kappa shape index (κ3) is 0.697. The highest BCUT2D eigenvalue weighted by molar-refractivity contribution is 5.59. The molecule has 0 amide bonds. The maximum Gasteiger partial charge on any atom is 0.257 e.